The fourth-order valence-electron chi connectivity index (χ4n) is 3.28. The predicted octanol–water partition coefficient (Wildman–Crippen LogP) is 4.74. The van der Waals surface area contributed by atoms with Crippen molar-refractivity contribution >= 4 is 33.3 Å². The van der Waals surface area contributed by atoms with Crippen molar-refractivity contribution < 1.29 is 9.53 Å². The summed E-state index contributed by atoms with van der Waals surface area (Å²) in [6.07, 6.45) is 4.00. The summed E-state index contributed by atoms with van der Waals surface area (Å²) in [4.78, 5) is 22.5. The second-order valence-corrected chi connectivity index (χ2v) is 7.55. The molecule has 6 heteroatoms. The van der Waals surface area contributed by atoms with Crippen LogP contribution in [0, 0.1) is 12.8 Å². The molecule has 1 fully saturated rings. The summed E-state index contributed by atoms with van der Waals surface area (Å²) in [6, 6.07) is 10.7. The second kappa shape index (κ2) is 7.03. The van der Waals surface area contributed by atoms with Crippen LogP contribution in [0.5, 0.6) is 0 Å². The van der Waals surface area contributed by atoms with Crippen LogP contribution in [-0.4, -0.2) is 22.5 Å². The Morgan fingerprint density at radius 2 is 2.08 bits per heavy atom. The number of aromatic nitrogens is 2. The van der Waals surface area contributed by atoms with E-state index in [2.05, 4.69) is 39.6 Å². The van der Waals surface area contributed by atoms with Gasteiger partial charge in [-0.05, 0) is 43.7 Å². The maximum atomic E-state index is 12.2. The highest BCUT2D eigenvalue weighted by Crippen LogP contribution is 2.44. The smallest absolute Gasteiger partial charge is 0.348 e. The highest BCUT2D eigenvalue weighted by molar-refractivity contribution is 7.20. The quantitative estimate of drug-likeness (QED) is 0.638. The highest BCUT2D eigenvalue weighted by atomic mass is 32.1. The molecule has 3 aromatic rings. The first-order chi connectivity index (χ1) is 12.7. The van der Waals surface area contributed by atoms with E-state index in [0.717, 1.165) is 21.6 Å². The molecule has 0 saturated heterocycles. The molecule has 2 heterocycles. The number of carbonyl (C=O) groups is 1. The molecule has 0 spiro atoms. The monoisotopic (exact) mass is 367 g/mol. The number of ether oxygens (including phenoxy) is 1. The number of carbonyl (C=O) groups excluding carboxylic acids is 1. The van der Waals surface area contributed by atoms with Gasteiger partial charge in [-0.3, -0.25) is 0 Å². The van der Waals surface area contributed by atoms with Crippen molar-refractivity contribution in [1.29, 1.82) is 0 Å². The van der Waals surface area contributed by atoms with Crippen LogP contribution in [0.25, 0.3) is 10.2 Å². The molecular formula is C20H21N3O2S. The summed E-state index contributed by atoms with van der Waals surface area (Å²) in [5.41, 5.74) is 2.15. The Morgan fingerprint density at radius 3 is 2.77 bits per heavy atom. The number of benzene rings is 1. The lowest BCUT2D eigenvalue weighted by Crippen LogP contribution is -2.14. The molecule has 1 aromatic carbocycles. The number of hydrogen-bond acceptors (Lipinski definition) is 6. The lowest BCUT2D eigenvalue weighted by molar-refractivity contribution is 0.0531. The average molecular weight is 367 g/mol. The van der Waals surface area contributed by atoms with Gasteiger partial charge in [-0.15, -0.1) is 11.3 Å². The van der Waals surface area contributed by atoms with Gasteiger partial charge in [-0.1, -0.05) is 30.3 Å². The van der Waals surface area contributed by atoms with E-state index < -0.39 is 0 Å². The fourth-order valence-corrected chi connectivity index (χ4v) is 4.33. The fraction of sp³-hybridized carbons (Fsp3) is 0.350. The minimum Gasteiger partial charge on any atom is -0.462 e. The normalized spacial score (nSPS) is 15.0. The highest BCUT2D eigenvalue weighted by Gasteiger charge is 2.33. The molecule has 26 heavy (non-hydrogen) atoms. The first-order valence-corrected chi connectivity index (χ1v) is 9.73. The Hall–Kier alpha value is -2.47. The molecule has 1 aliphatic carbocycles. The Balaban J connectivity index is 1.73. The van der Waals surface area contributed by atoms with Gasteiger partial charge in [-0.25, -0.2) is 14.8 Å². The van der Waals surface area contributed by atoms with Gasteiger partial charge in [0.05, 0.1) is 18.0 Å². The lowest BCUT2D eigenvalue weighted by atomic mass is 10.0. The van der Waals surface area contributed by atoms with Crippen LogP contribution in [0.3, 0.4) is 0 Å². The third-order valence-electron chi connectivity index (χ3n) is 4.73. The van der Waals surface area contributed by atoms with Crippen molar-refractivity contribution in [2.24, 2.45) is 5.92 Å². The number of rotatable bonds is 6. The number of hydrogen-bond donors (Lipinski definition) is 1. The van der Waals surface area contributed by atoms with Gasteiger partial charge in [0.15, 0.2) is 0 Å². The number of nitrogens with zero attached hydrogens (tertiary/aromatic N) is 2. The van der Waals surface area contributed by atoms with Gasteiger partial charge >= 0.3 is 5.97 Å². The summed E-state index contributed by atoms with van der Waals surface area (Å²) in [5, 5.41) is 4.55. The summed E-state index contributed by atoms with van der Waals surface area (Å²) in [7, 11) is 0. The van der Waals surface area contributed by atoms with Gasteiger partial charge in [0, 0.05) is 0 Å². The van der Waals surface area contributed by atoms with E-state index in [1.54, 1.807) is 6.33 Å². The molecule has 1 N–H and O–H groups in total. The summed E-state index contributed by atoms with van der Waals surface area (Å²) < 4.78 is 5.18. The van der Waals surface area contributed by atoms with Crippen LogP contribution in [0.2, 0.25) is 0 Å². The minimum atomic E-state index is -0.291. The van der Waals surface area contributed by atoms with Crippen molar-refractivity contribution in [2.75, 3.05) is 11.9 Å². The largest absolute Gasteiger partial charge is 0.462 e. The maximum Gasteiger partial charge on any atom is 0.348 e. The van der Waals surface area contributed by atoms with E-state index in [1.165, 1.54) is 29.7 Å². The van der Waals surface area contributed by atoms with Crippen LogP contribution in [-0.2, 0) is 4.74 Å². The van der Waals surface area contributed by atoms with Crippen molar-refractivity contribution in [1.82, 2.24) is 9.97 Å². The Morgan fingerprint density at radius 1 is 1.31 bits per heavy atom. The van der Waals surface area contributed by atoms with E-state index in [1.807, 2.05) is 19.9 Å². The van der Waals surface area contributed by atoms with E-state index in [4.69, 9.17) is 4.74 Å². The average Bonchev–Trinajstić information content (AvgIpc) is 3.44. The molecule has 4 rings (SSSR count). The molecule has 0 unspecified atom stereocenters. The van der Waals surface area contributed by atoms with Gasteiger partial charge in [0.25, 0.3) is 0 Å². The summed E-state index contributed by atoms with van der Waals surface area (Å²) in [6.45, 7) is 4.11. The van der Waals surface area contributed by atoms with Crippen molar-refractivity contribution in [3.63, 3.8) is 0 Å². The topological polar surface area (TPSA) is 64.1 Å². The van der Waals surface area contributed by atoms with Crippen molar-refractivity contribution in [2.45, 2.75) is 32.7 Å². The summed E-state index contributed by atoms with van der Waals surface area (Å²) in [5.74, 6) is 1.12. The van der Waals surface area contributed by atoms with E-state index in [9.17, 15) is 4.79 Å². The molecule has 1 atom stereocenters. The molecule has 0 amide bonds. The number of fused-ring (bicyclic) bond motifs is 1. The first-order valence-electron chi connectivity index (χ1n) is 8.91. The van der Waals surface area contributed by atoms with Crippen molar-refractivity contribution in [3.8, 4) is 0 Å². The molecule has 5 nitrogen and oxygen atoms in total. The zero-order chi connectivity index (χ0) is 18.1. The molecule has 1 saturated carbocycles. The van der Waals surface area contributed by atoms with Gasteiger partial charge in [0.1, 0.15) is 21.9 Å². The number of aryl methyl sites for hydroxylation is 1. The molecule has 0 bridgehead atoms. The third kappa shape index (κ3) is 3.17. The van der Waals surface area contributed by atoms with Crippen LogP contribution in [0.4, 0.5) is 5.82 Å². The van der Waals surface area contributed by atoms with Crippen LogP contribution < -0.4 is 5.32 Å². The number of nitrogens with one attached hydrogen (secondary N) is 1. The Kier molecular flexibility index (Phi) is 4.59. The standard InChI is InChI=1S/C20H21N3O2S/c1-3-25-20(24)17-12(2)15-18(21-11-22-19(15)26-17)23-16(14-9-10-14)13-7-5-4-6-8-13/h4-8,11,14,16H,3,9-10H2,1-2H3,(H,21,22,23)/t16-/m0/s1. The van der Waals surface area contributed by atoms with Gasteiger partial charge in [0.2, 0.25) is 0 Å². The second-order valence-electron chi connectivity index (χ2n) is 6.55. The Bertz CT molecular complexity index is 935. The third-order valence-corrected chi connectivity index (χ3v) is 5.91. The van der Waals surface area contributed by atoms with E-state index in [-0.39, 0.29) is 12.0 Å². The molecular weight excluding hydrogens is 346 g/mol. The van der Waals surface area contributed by atoms with E-state index >= 15 is 0 Å². The molecule has 0 aliphatic heterocycles. The van der Waals surface area contributed by atoms with Crippen LogP contribution in [0.1, 0.15) is 46.6 Å². The summed E-state index contributed by atoms with van der Waals surface area (Å²) >= 11 is 1.37. The molecule has 0 radical (unpaired) electrons. The van der Waals surface area contributed by atoms with Gasteiger partial charge in [-0.2, -0.15) is 0 Å². The van der Waals surface area contributed by atoms with Crippen LogP contribution in [0.15, 0.2) is 36.7 Å². The van der Waals surface area contributed by atoms with E-state index in [0.29, 0.717) is 17.4 Å². The molecule has 134 valence electrons. The Labute approximate surface area is 156 Å². The first kappa shape index (κ1) is 17.0. The van der Waals surface area contributed by atoms with Gasteiger partial charge < -0.3 is 10.1 Å². The molecule has 1 aliphatic rings. The van der Waals surface area contributed by atoms with Crippen LogP contribution >= 0.6 is 11.3 Å². The number of anilines is 1. The minimum absolute atomic E-state index is 0.222. The molecule has 2 aromatic heterocycles. The zero-order valence-electron chi connectivity index (χ0n) is 14.9. The maximum absolute atomic E-state index is 12.2. The predicted molar refractivity (Wildman–Crippen MR) is 104 cm³/mol. The zero-order valence-corrected chi connectivity index (χ0v) is 15.7. The number of esters is 1. The number of thiophene rings is 1. The lowest BCUT2D eigenvalue weighted by Gasteiger charge is -2.20. The van der Waals surface area contributed by atoms with Crippen molar-refractivity contribution in [3.05, 3.63) is 52.7 Å². The SMILES string of the molecule is CCOC(=O)c1sc2ncnc(N[C@@H](c3ccccc3)C3CC3)c2c1C.